The fraction of sp³-hybridized carbons (Fsp3) is 0.526. The maximum atomic E-state index is 12.2. The van der Waals surface area contributed by atoms with E-state index in [-0.39, 0.29) is 22.4 Å². The summed E-state index contributed by atoms with van der Waals surface area (Å²) >= 11 is 6.16. The number of rotatable bonds is 8. The van der Waals surface area contributed by atoms with E-state index in [0.29, 0.717) is 12.4 Å². The fourth-order valence-corrected chi connectivity index (χ4v) is 3.12. The highest BCUT2D eigenvalue weighted by Gasteiger charge is 2.20. The van der Waals surface area contributed by atoms with Crippen molar-refractivity contribution < 1.29 is 28.6 Å². The Morgan fingerprint density at radius 1 is 1.21 bits per heavy atom. The monoisotopic (exact) mass is 412 g/mol. The first kappa shape index (κ1) is 21.8. The average molecular weight is 413 g/mol. The third kappa shape index (κ3) is 6.30. The van der Waals surface area contributed by atoms with E-state index >= 15 is 0 Å². The lowest BCUT2D eigenvalue weighted by atomic mass is 10.2. The molecule has 28 heavy (non-hydrogen) atoms. The van der Waals surface area contributed by atoms with Crippen LogP contribution in [0.2, 0.25) is 5.02 Å². The molecule has 1 fully saturated rings. The van der Waals surface area contributed by atoms with E-state index < -0.39 is 24.5 Å². The minimum atomic E-state index is -0.770. The highest BCUT2D eigenvalue weighted by molar-refractivity contribution is 6.32. The van der Waals surface area contributed by atoms with Gasteiger partial charge >= 0.3 is 12.0 Å². The molecule has 0 spiro atoms. The Hall–Kier alpha value is -2.48. The number of hydrogen-bond donors (Lipinski definition) is 2. The van der Waals surface area contributed by atoms with E-state index in [4.69, 9.17) is 25.8 Å². The zero-order chi connectivity index (χ0) is 20.5. The van der Waals surface area contributed by atoms with E-state index in [1.807, 2.05) is 6.92 Å². The molecule has 3 amide bonds. The Morgan fingerprint density at radius 2 is 1.93 bits per heavy atom. The van der Waals surface area contributed by atoms with Gasteiger partial charge in [-0.1, -0.05) is 31.4 Å². The second kappa shape index (κ2) is 10.8. The van der Waals surface area contributed by atoms with E-state index in [2.05, 4.69) is 10.6 Å². The van der Waals surface area contributed by atoms with Crippen molar-refractivity contribution in [3.8, 4) is 11.5 Å². The molecule has 0 radical (unpaired) electrons. The first-order valence-electron chi connectivity index (χ1n) is 9.22. The molecule has 0 bridgehead atoms. The normalized spacial score (nSPS) is 13.7. The number of hydrogen-bond acceptors (Lipinski definition) is 6. The van der Waals surface area contributed by atoms with Gasteiger partial charge in [0.1, 0.15) is 0 Å². The van der Waals surface area contributed by atoms with E-state index in [1.54, 1.807) is 0 Å². The van der Waals surface area contributed by atoms with Gasteiger partial charge in [-0.25, -0.2) is 9.59 Å². The van der Waals surface area contributed by atoms with Crippen LogP contribution in [0, 0.1) is 0 Å². The molecule has 154 valence electrons. The molecule has 0 heterocycles. The lowest BCUT2D eigenvalue weighted by Gasteiger charge is -2.14. The zero-order valence-electron chi connectivity index (χ0n) is 16.0. The minimum Gasteiger partial charge on any atom is -0.493 e. The Bertz CT molecular complexity index is 719. The maximum Gasteiger partial charge on any atom is 0.338 e. The van der Waals surface area contributed by atoms with Crippen molar-refractivity contribution in [2.75, 3.05) is 20.3 Å². The van der Waals surface area contributed by atoms with Crippen molar-refractivity contribution >= 4 is 29.5 Å². The van der Waals surface area contributed by atoms with Crippen LogP contribution in [0.4, 0.5) is 4.79 Å². The second-order valence-corrected chi connectivity index (χ2v) is 6.82. The van der Waals surface area contributed by atoms with Gasteiger partial charge < -0.3 is 19.5 Å². The van der Waals surface area contributed by atoms with Gasteiger partial charge in [0.2, 0.25) is 0 Å². The number of imide groups is 1. The SMILES string of the molecule is CCCOc1c(Cl)cc(C(=O)OCC(=O)NC(=O)NC2CCCC2)cc1OC. The molecule has 0 atom stereocenters. The van der Waals surface area contributed by atoms with Gasteiger partial charge in [-0.15, -0.1) is 0 Å². The van der Waals surface area contributed by atoms with Crippen molar-refractivity contribution in [2.45, 2.75) is 45.1 Å². The van der Waals surface area contributed by atoms with E-state index in [0.717, 1.165) is 32.1 Å². The molecule has 2 rings (SSSR count). The van der Waals surface area contributed by atoms with Crippen LogP contribution in [-0.2, 0) is 9.53 Å². The van der Waals surface area contributed by atoms with Crippen molar-refractivity contribution in [2.24, 2.45) is 0 Å². The third-order valence-corrected chi connectivity index (χ3v) is 4.47. The van der Waals surface area contributed by atoms with Crippen LogP contribution in [0.1, 0.15) is 49.4 Å². The van der Waals surface area contributed by atoms with E-state index in [1.165, 1.54) is 19.2 Å². The molecular formula is C19H25ClN2O6. The number of carbonyl (C=O) groups is 3. The summed E-state index contributed by atoms with van der Waals surface area (Å²) in [6, 6.07) is 2.29. The number of urea groups is 1. The van der Waals surface area contributed by atoms with Crippen LogP contribution in [-0.4, -0.2) is 44.3 Å². The van der Waals surface area contributed by atoms with Crippen molar-refractivity contribution in [3.63, 3.8) is 0 Å². The van der Waals surface area contributed by atoms with Crippen molar-refractivity contribution in [1.29, 1.82) is 0 Å². The molecular weight excluding hydrogens is 388 g/mol. The van der Waals surface area contributed by atoms with Crippen molar-refractivity contribution in [1.82, 2.24) is 10.6 Å². The molecule has 0 aliphatic heterocycles. The fourth-order valence-electron chi connectivity index (χ4n) is 2.85. The Morgan fingerprint density at radius 3 is 2.57 bits per heavy atom. The minimum absolute atomic E-state index is 0.0819. The van der Waals surface area contributed by atoms with Gasteiger partial charge in [0.05, 0.1) is 24.3 Å². The van der Waals surface area contributed by atoms with Crippen molar-refractivity contribution in [3.05, 3.63) is 22.7 Å². The quantitative estimate of drug-likeness (QED) is 0.636. The molecule has 1 aliphatic rings. The van der Waals surface area contributed by atoms with Gasteiger partial charge in [0.25, 0.3) is 5.91 Å². The predicted molar refractivity (Wildman–Crippen MR) is 103 cm³/mol. The number of methoxy groups -OCH3 is 1. The summed E-state index contributed by atoms with van der Waals surface area (Å²) in [4.78, 5) is 35.8. The number of ether oxygens (including phenoxy) is 3. The number of nitrogens with one attached hydrogen (secondary N) is 2. The molecule has 1 aliphatic carbocycles. The second-order valence-electron chi connectivity index (χ2n) is 6.42. The summed E-state index contributed by atoms with van der Waals surface area (Å²) < 4.78 is 15.7. The van der Waals surface area contributed by atoms with Crippen LogP contribution in [0.3, 0.4) is 0 Å². The number of esters is 1. The number of halogens is 1. The number of benzene rings is 1. The largest absolute Gasteiger partial charge is 0.493 e. The van der Waals surface area contributed by atoms with Gasteiger partial charge in [-0.05, 0) is 31.4 Å². The Labute approximate surface area is 168 Å². The molecule has 0 aromatic heterocycles. The smallest absolute Gasteiger partial charge is 0.338 e. The summed E-state index contributed by atoms with van der Waals surface area (Å²) in [5, 5.41) is 5.05. The topological polar surface area (TPSA) is 103 Å². The molecule has 1 saturated carbocycles. The van der Waals surface area contributed by atoms with Crippen LogP contribution in [0.25, 0.3) is 0 Å². The first-order valence-corrected chi connectivity index (χ1v) is 9.60. The third-order valence-electron chi connectivity index (χ3n) is 4.19. The highest BCUT2D eigenvalue weighted by atomic mass is 35.5. The summed E-state index contributed by atoms with van der Waals surface area (Å²) in [5.41, 5.74) is 0.105. The molecule has 9 heteroatoms. The number of carbonyl (C=O) groups excluding carboxylic acids is 3. The van der Waals surface area contributed by atoms with Crippen LogP contribution in [0.5, 0.6) is 11.5 Å². The van der Waals surface area contributed by atoms with Crippen LogP contribution >= 0.6 is 11.6 Å². The summed E-state index contributed by atoms with van der Waals surface area (Å²) in [6.45, 7) is 1.80. The molecule has 0 unspecified atom stereocenters. The maximum absolute atomic E-state index is 12.2. The van der Waals surface area contributed by atoms with Crippen LogP contribution in [0.15, 0.2) is 12.1 Å². The first-order chi connectivity index (χ1) is 13.4. The standard InChI is InChI=1S/C19H25ClN2O6/c1-3-8-27-17-14(20)9-12(10-15(17)26-2)18(24)28-11-16(23)22-19(25)21-13-6-4-5-7-13/h9-10,13H,3-8,11H2,1-2H3,(H2,21,22,23,25). The zero-order valence-corrected chi connectivity index (χ0v) is 16.8. The summed E-state index contributed by atoms with van der Waals surface area (Å²) in [5.74, 6) is -0.865. The molecule has 1 aromatic carbocycles. The van der Waals surface area contributed by atoms with Gasteiger partial charge in [-0.3, -0.25) is 10.1 Å². The molecule has 2 N–H and O–H groups in total. The Kier molecular flexibility index (Phi) is 8.38. The van der Waals surface area contributed by atoms with Gasteiger partial charge in [0, 0.05) is 6.04 Å². The molecule has 8 nitrogen and oxygen atoms in total. The lowest BCUT2D eigenvalue weighted by molar-refractivity contribution is -0.123. The molecule has 1 aromatic rings. The van der Waals surface area contributed by atoms with Gasteiger partial charge in [0.15, 0.2) is 18.1 Å². The van der Waals surface area contributed by atoms with Crippen LogP contribution < -0.4 is 20.1 Å². The predicted octanol–water partition coefficient (Wildman–Crippen LogP) is 3.06. The Balaban J connectivity index is 1.88. The highest BCUT2D eigenvalue weighted by Crippen LogP contribution is 2.36. The summed E-state index contributed by atoms with van der Waals surface area (Å²) in [7, 11) is 1.43. The molecule has 0 saturated heterocycles. The summed E-state index contributed by atoms with van der Waals surface area (Å²) in [6.07, 6.45) is 4.70. The average Bonchev–Trinajstić information content (AvgIpc) is 3.17. The van der Waals surface area contributed by atoms with Gasteiger partial charge in [-0.2, -0.15) is 0 Å². The number of amides is 3. The lowest BCUT2D eigenvalue weighted by Crippen LogP contribution is -2.44. The van der Waals surface area contributed by atoms with E-state index in [9.17, 15) is 14.4 Å².